The van der Waals surface area contributed by atoms with Gasteiger partial charge < -0.3 is 14.7 Å². The number of hydrogen-bond acceptors (Lipinski definition) is 6. The zero-order valence-electron chi connectivity index (χ0n) is 21.7. The Kier molecular flexibility index (Phi) is 5.82. The molecule has 6 rings (SSSR count). The largest absolute Gasteiger partial charge is 0.461 e. The van der Waals surface area contributed by atoms with Crippen molar-refractivity contribution in [3.05, 3.63) is 12.7 Å². The van der Waals surface area contributed by atoms with E-state index in [1.807, 2.05) is 6.08 Å². The van der Waals surface area contributed by atoms with Gasteiger partial charge in [-0.05, 0) is 82.1 Å². The lowest BCUT2D eigenvalue weighted by Crippen LogP contribution is -2.57. The highest BCUT2D eigenvalue weighted by molar-refractivity contribution is 8.00. The van der Waals surface area contributed by atoms with Gasteiger partial charge in [0, 0.05) is 40.5 Å². The van der Waals surface area contributed by atoms with Crippen molar-refractivity contribution >= 4 is 23.5 Å². The number of carbonyl (C=O) groups excluding carboxylic acids is 2. The minimum Gasteiger partial charge on any atom is -0.461 e. The van der Waals surface area contributed by atoms with Crippen LogP contribution >= 0.6 is 11.8 Å². The number of carbonyl (C=O) groups is 2. The molecule has 4 aliphatic carbocycles. The van der Waals surface area contributed by atoms with Gasteiger partial charge in [-0.15, -0.1) is 18.3 Å². The van der Waals surface area contributed by atoms with Gasteiger partial charge in [-0.1, -0.05) is 19.9 Å². The van der Waals surface area contributed by atoms with E-state index in [-0.39, 0.29) is 34.7 Å². The summed E-state index contributed by atoms with van der Waals surface area (Å²) in [6, 6.07) is 1.33. The van der Waals surface area contributed by atoms with E-state index in [4.69, 9.17) is 4.74 Å². The number of aliphatic hydroxyl groups is 1. The highest BCUT2D eigenvalue weighted by Crippen LogP contribution is 2.77. The maximum absolute atomic E-state index is 13.4. The van der Waals surface area contributed by atoms with Crippen molar-refractivity contribution in [3.63, 3.8) is 0 Å². The first-order valence-electron chi connectivity index (χ1n) is 14.0. The Bertz CT molecular complexity index is 910. The molecular formula is C29H43NO4S. The lowest BCUT2D eigenvalue weighted by Gasteiger charge is -2.55. The summed E-state index contributed by atoms with van der Waals surface area (Å²) in [4.78, 5) is 29.2. The lowest BCUT2D eigenvalue weighted by atomic mass is 9.50. The Labute approximate surface area is 214 Å². The van der Waals surface area contributed by atoms with E-state index < -0.39 is 11.5 Å². The van der Waals surface area contributed by atoms with Crippen LogP contribution in [0, 0.1) is 34.0 Å². The van der Waals surface area contributed by atoms with Crippen molar-refractivity contribution in [2.75, 3.05) is 12.8 Å². The van der Waals surface area contributed by atoms with Crippen molar-refractivity contribution in [1.29, 1.82) is 0 Å². The maximum atomic E-state index is 13.4. The standard InChI is InChI=1S/C29H43NO4S/c1-5-27(3)15-23(34-24(32)16-35-21-12-19-6-7-20(13-21)30(19)4)29-14-18(29)8-10-28(17(2)26(27)33)11-9-22(31)25(28)29/h5,17-21,23,25-26,33H,1,6-16H2,2-4H3/t17-,18?,19?,20?,21?,23+,25+,26-,27+,28-,29-/m0/s1. The number of thioether (sulfide) groups is 1. The second-order valence-corrected chi connectivity index (χ2v) is 14.6. The van der Waals surface area contributed by atoms with Gasteiger partial charge in [-0.3, -0.25) is 9.59 Å². The second kappa shape index (κ2) is 8.33. The number of Topliss-reactive ketones (excluding diaryl/α,β-unsaturated/α-hetero) is 1. The second-order valence-electron chi connectivity index (χ2n) is 13.3. The first-order chi connectivity index (χ1) is 16.6. The number of fused-ring (bicyclic) bond motifs is 2. The summed E-state index contributed by atoms with van der Waals surface area (Å²) >= 11 is 1.78. The van der Waals surface area contributed by atoms with E-state index >= 15 is 0 Å². The number of rotatable bonds is 5. The van der Waals surface area contributed by atoms with E-state index in [0.29, 0.717) is 47.6 Å². The van der Waals surface area contributed by atoms with E-state index in [9.17, 15) is 14.7 Å². The van der Waals surface area contributed by atoms with Crippen LogP contribution in [0.25, 0.3) is 0 Å². The molecule has 1 N–H and O–H groups in total. The van der Waals surface area contributed by atoms with Crippen LogP contribution < -0.4 is 0 Å². The van der Waals surface area contributed by atoms with Gasteiger partial charge in [0.25, 0.3) is 0 Å². The molecule has 194 valence electrons. The average molecular weight is 502 g/mol. The molecular weight excluding hydrogens is 458 g/mol. The fourth-order valence-electron chi connectivity index (χ4n) is 9.73. The van der Waals surface area contributed by atoms with Crippen molar-refractivity contribution < 1.29 is 19.4 Å². The van der Waals surface area contributed by atoms with Crippen LogP contribution in [-0.2, 0) is 14.3 Å². The van der Waals surface area contributed by atoms with Crippen molar-refractivity contribution in [1.82, 2.24) is 4.90 Å². The zero-order valence-corrected chi connectivity index (χ0v) is 22.5. The summed E-state index contributed by atoms with van der Waals surface area (Å²) in [7, 11) is 2.25. The first-order valence-corrected chi connectivity index (χ1v) is 15.1. The molecule has 0 radical (unpaired) electrons. The molecule has 0 aromatic carbocycles. The first kappa shape index (κ1) is 24.5. The molecule has 2 saturated heterocycles. The average Bonchev–Trinajstić information content (AvgIpc) is 3.45. The zero-order chi connectivity index (χ0) is 24.8. The highest BCUT2D eigenvalue weighted by atomic mass is 32.2. The van der Waals surface area contributed by atoms with Gasteiger partial charge in [-0.25, -0.2) is 0 Å². The molecule has 35 heavy (non-hydrogen) atoms. The number of piperidine rings is 1. The maximum Gasteiger partial charge on any atom is 0.316 e. The van der Waals surface area contributed by atoms with Crippen molar-refractivity contribution in [2.45, 2.75) is 108 Å². The predicted octanol–water partition coefficient (Wildman–Crippen LogP) is 4.62. The van der Waals surface area contributed by atoms with Gasteiger partial charge in [-0.2, -0.15) is 0 Å². The normalized spacial score (nSPS) is 52.7. The van der Waals surface area contributed by atoms with E-state index in [0.717, 1.165) is 38.5 Å². The predicted molar refractivity (Wildman–Crippen MR) is 138 cm³/mol. The Morgan fingerprint density at radius 2 is 1.94 bits per heavy atom. The summed E-state index contributed by atoms with van der Waals surface area (Å²) in [5.74, 6) is 1.04. The number of aliphatic hydroxyl groups excluding tert-OH is 1. The molecule has 5 nitrogen and oxygen atoms in total. The van der Waals surface area contributed by atoms with Gasteiger partial charge >= 0.3 is 5.97 Å². The van der Waals surface area contributed by atoms with Gasteiger partial charge in [0.15, 0.2) is 0 Å². The van der Waals surface area contributed by atoms with Crippen LogP contribution in [0.2, 0.25) is 0 Å². The minimum absolute atomic E-state index is 0.0346. The third kappa shape index (κ3) is 3.48. The van der Waals surface area contributed by atoms with Crippen LogP contribution in [0.3, 0.4) is 0 Å². The van der Waals surface area contributed by atoms with Crippen LogP contribution in [-0.4, -0.2) is 64.1 Å². The SMILES string of the molecule is C=C[C@]1(C)C[C@@H](OC(=O)CSC2CC3CCC(C2)N3C)[C@]23CC2CC[C@]2(CCC(=O)[C@H]23)[C@@H](C)[C@@H]1O. The third-order valence-electron chi connectivity index (χ3n) is 11.9. The quantitative estimate of drug-likeness (QED) is 0.438. The Hall–Kier alpha value is -0.850. The van der Waals surface area contributed by atoms with Crippen molar-refractivity contribution in [3.8, 4) is 0 Å². The molecule has 1 spiro atoms. The molecule has 6 heteroatoms. The summed E-state index contributed by atoms with van der Waals surface area (Å²) in [5, 5.41) is 12.1. The molecule has 4 bridgehead atoms. The van der Waals surface area contributed by atoms with Crippen molar-refractivity contribution in [2.24, 2.45) is 34.0 Å². The summed E-state index contributed by atoms with van der Waals surface area (Å²) in [6.07, 6.45) is 11.0. The van der Waals surface area contributed by atoms with Crippen LogP contribution in [0.15, 0.2) is 12.7 Å². The van der Waals surface area contributed by atoms with Crippen LogP contribution in [0.4, 0.5) is 0 Å². The molecule has 3 unspecified atom stereocenters. The van der Waals surface area contributed by atoms with Gasteiger partial charge in [0.2, 0.25) is 0 Å². The Morgan fingerprint density at radius 1 is 1.23 bits per heavy atom. The molecule has 0 aromatic heterocycles. The van der Waals surface area contributed by atoms with Gasteiger partial charge in [0.05, 0.1) is 11.9 Å². The lowest BCUT2D eigenvalue weighted by molar-refractivity contribution is -0.177. The molecule has 0 amide bonds. The molecule has 4 saturated carbocycles. The summed E-state index contributed by atoms with van der Waals surface area (Å²) in [5.41, 5.74) is -0.926. The molecule has 10 atom stereocenters. The van der Waals surface area contributed by atoms with E-state index in [1.54, 1.807) is 11.8 Å². The number of ether oxygens (including phenoxy) is 1. The number of ketones is 1. The monoisotopic (exact) mass is 501 g/mol. The molecule has 2 heterocycles. The van der Waals surface area contributed by atoms with Crippen LogP contribution in [0.1, 0.15) is 78.1 Å². The summed E-state index contributed by atoms with van der Waals surface area (Å²) < 4.78 is 6.39. The van der Waals surface area contributed by atoms with Crippen LogP contribution in [0.5, 0.6) is 0 Å². The molecule has 6 fully saturated rings. The topological polar surface area (TPSA) is 66.8 Å². The Morgan fingerprint density at radius 3 is 2.63 bits per heavy atom. The number of esters is 1. The van der Waals surface area contributed by atoms with E-state index in [2.05, 4.69) is 32.4 Å². The molecule has 2 aliphatic heterocycles. The third-order valence-corrected chi connectivity index (χ3v) is 13.2. The number of hydrogen-bond donors (Lipinski definition) is 1. The fraction of sp³-hybridized carbons (Fsp3) is 0.862. The van der Waals surface area contributed by atoms with Gasteiger partial charge in [0.1, 0.15) is 11.9 Å². The smallest absolute Gasteiger partial charge is 0.316 e. The summed E-state index contributed by atoms with van der Waals surface area (Å²) in [6.45, 7) is 8.33. The Balaban J connectivity index is 1.23. The highest BCUT2D eigenvalue weighted by Gasteiger charge is 2.76. The number of nitrogens with zero attached hydrogens (tertiary/aromatic N) is 1. The minimum atomic E-state index is -0.591. The molecule has 0 aromatic rings. The van der Waals surface area contributed by atoms with E-state index in [1.165, 1.54) is 12.8 Å². The molecule has 6 aliphatic rings. The fourth-order valence-corrected chi connectivity index (χ4v) is 10.9.